The van der Waals surface area contributed by atoms with Crippen LogP contribution in [0.5, 0.6) is 5.75 Å². The number of fused-ring (bicyclic) bond motifs is 1. The highest BCUT2D eigenvalue weighted by molar-refractivity contribution is 5.89. The van der Waals surface area contributed by atoms with Crippen molar-refractivity contribution in [1.29, 1.82) is 0 Å². The maximum absolute atomic E-state index is 14.0. The molecule has 39 heavy (non-hydrogen) atoms. The zero-order chi connectivity index (χ0) is 27.8. The smallest absolute Gasteiger partial charge is 0.243 e. The third-order valence-corrected chi connectivity index (χ3v) is 6.74. The lowest BCUT2D eigenvalue weighted by Gasteiger charge is -2.34. The molecule has 1 atom stereocenters. The first kappa shape index (κ1) is 27.9. The molecule has 202 valence electrons. The summed E-state index contributed by atoms with van der Waals surface area (Å²) in [6, 6.07) is 31.3. The molecule has 0 saturated carbocycles. The number of hydrogen-bond acceptors (Lipinski definition) is 3. The van der Waals surface area contributed by atoms with E-state index >= 15 is 0 Å². The van der Waals surface area contributed by atoms with Crippen LogP contribution in [0.25, 0.3) is 10.8 Å². The molecule has 0 unspecified atom stereocenters. The third-order valence-electron chi connectivity index (χ3n) is 6.74. The minimum absolute atomic E-state index is 0.0595. The molecule has 0 spiro atoms. The van der Waals surface area contributed by atoms with Gasteiger partial charge in [-0.1, -0.05) is 84.9 Å². The Kier molecular flexibility index (Phi) is 9.03. The summed E-state index contributed by atoms with van der Waals surface area (Å²) in [5.74, 6) is 0.498. The molecule has 0 saturated heterocycles. The van der Waals surface area contributed by atoms with Gasteiger partial charge in [-0.25, -0.2) is 0 Å². The molecule has 0 aromatic heterocycles. The Labute approximate surface area is 231 Å². The van der Waals surface area contributed by atoms with Gasteiger partial charge in [-0.2, -0.15) is 0 Å². The lowest BCUT2D eigenvalue weighted by atomic mass is 9.98. The Balaban J connectivity index is 1.67. The summed E-state index contributed by atoms with van der Waals surface area (Å²) in [6.07, 6.45) is 1.31. The van der Waals surface area contributed by atoms with E-state index < -0.39 is 11.6 Å². The molecule has 0 radical (unpaired) electrons. The second-order valence-electron chi connectivity index (χ2n) is 11.0. The van der Waals surface area contributed by atoms with Crippen molar-refractivity contribution in [3.8, 4) is 5.75 Å². The zero-order valence-electron chi connectivity index (χ0n) is 23.3. The number of ether oxygens (including phenoxy) is 1. The number of nitrogens with zero attached hydrogens (tertiary/aromatic N) is 1. The molecular formula is C34H38N2O3. The highest BCUT2D eigenvalue weighted by Crippen LogP contribution is 2.23. The zero-order valence-corrected chi connectivity index (χ0v) is 23.3. The lowest BCUT2D eigenvalue weighted by Crippen LogP contribution is -2.54. The van der Waals surface area contributed by atoms with Crippen LogP contribution >= 0.6 is 0 Å². The van der Waals surface area contributed by atoms with Crippen LogP contribution in [-0.4, -0.2) is 35.4 Å². The summed E-state index contributed by atoms with van der Waals surface area (Å²) < 4.78 is 5.43. The topological polar surface area (TPSA) is 58.6 Å². The third kappa shape index (κ3) is 7.70. The van der Waals surface area contributed by atoms with Crippen LogP contribution in [-0.2, 0) is 29.0 Å². The van der Waals surface area contributed by atoms with Crippen LogP contribution in [0.1, 0.15) is 43.9 Å². The number of nitrogens with one attached hydrogen (secondary N) is 1. The molecule has 1 N–H and O–H groups in total. The number of methoxy groups -OCH3 is 1. The minimum Gasteiger partial charge on any atom is -0.497 e. The Bertz CT molecular complexity index is 1400. The maximum atomic E-state index is 14.0. The van der Waals surface area contributed by atoms with Gasteiger partial charge in [0.25, 0.3) is 0 Å². The number of hydrogen-bond donors (Lipinski definition) is 1. The van der Waals surface area contributed by atoms with E-state index in [0.717, 1.165) is 33.2 Å². The predicted molar refractivity (Wildman–Crippen MR) is 158 cm³/mol. The average molecular weight is 523 g/mol. The summed E-state index contributed by atoms with van der Waals surface area (Å²) in [5.41, 5.74) is 2.61. The number of carbonyl (C=O) groups excluding carboxylic acids is 2. The summed E-state index contributed by atoms with van der Waals surface area (Å²) >= 11 is 0. The van der Waals surface area contributed by atoms with Crippen molar-refractivity contribution >= 4 is 22.6 Å². The Morgan fingerprint density at radius 3 is 2.26 bits per heavy atom. The number of aryl methyl sites for hydroxylation is 1. The Hall–Kier alpha value is -4.12. The van der Waals surface area contributed by atoms with Gasteiger partial charge in [0.1, 0.15) is 11.8 Å². The van der Waals surface area contributed by atoms with Gasteiger partial charge >= 0.3 is 0 Å². The predicted octanol–water partition coefficient (Wildman–Crippen LogP) is 6.34. The van der Waals surface area contributed by atoms with E-state index in [9.17, 15) is 9.59 Å². The van der Waals surface area contributed by atoms with E-state index in [2.05, 4.69) is 29.6 Å². The van der Waals surface area contributed by atoms with Crippen LogP contribution in [0.4, 0.5) is 0 Å². The summed E-state index contributed by atoms with van der Waals surface area (Å²) in [5, 5.41) is 5.43. The molecule has 0 aliphatic heterocycles. The van der Waals surface area contributed by atoms with Crippen molar-refractivity contribution < 1.29 is 14.3 Å². The van der Waals surface area contributed by atoms with E-state index in [4.69, 9.17) is 4.74 Å². The number of amides is 2. The first-order valence-electron chi connectivity index (χ1n) is 13.5. The van der Waals surface area contributed by atoms with Crippen LogP contribution in [0.3, 0.4) is 0 Å². The molecule has 0 aliphatic carbocycles. The number of carbonyl (C=O) groups is 2. The summed E-state index contributed by atoms with van der Waals surface area (Å²) in [7, 11) is 1.63. The van der Waals surface area contributed by atoms with E-state index in [1.165, 1.54) is 0 Å². The van der Waals surface area contributed by atoms with Crippen LogP contribution < -0.4 is 10.1 Å². The monoisotopic (exact) mass is 522 g/mol. The molecule has 2 amide bonds. The number of rotatable bonds is 10. The van der Waals surface area contributed by atoms with Gasteiger partial charge in [-0.3, -0.25) is 9.59 Å². The van der Waals surface area contributed by atoms with E-state index in [-0.39, 0.29) is 11.8 Å². The number of benzene rings is 4. The SMILES string of the molecule is COc1cccc(CN(C(=O)CCc2cccc3ccccc23)[C@@H](Cc2ccccc2)C(=O)NC(C)(C)C)c1. The van der Waals surface area contributed by atoms with Gasteiger partial charge in [-0.15, -0.1) is 0 Å². The Morgan fingerprint density at radius 2 is 1.51 bits per heavy atom. The molecule has 4 aromatic carbocycles. The summed E-state index contributed by atoms with van der Waals surface area (Å²) in [4.78, 5) is 29.5. The van der Waals surface area contributed by atoms with Crippen molar-refractivity contribution in [1.82, 2.24) is 10.2 Å². The van der Waals surface area contributed by atoms with Crippen molar-refractivity contribution in [3.63, 3.8) is 0 Å². The van der Waals surface area contributed by atoms with Gasteiger partial charge < -0.3 is 15.0 Å². The van der Waals surface area contributed by atoms with Gasteiger partial charge in [0.05, 0.1) is 7.11 Å². The molecule has 0 bridgehead atoms. The van der Waals surface area contributed by atoms with Crippen molar-refractivity contribution in [3.05, 3.63) is 114 Å². The molecule has 4 aromatic rings. The van der Waals surface area contributed by atoms with Crippen molar-refractivity contribution in [2.45, 2.75) is 58.2 Å². The fourth-order valence-electron chi connectivity index (χ4n) is 4.87. The van der Waals surface area contributed by atoms with E-state index in [1.807, 2.05) is 93.6 Å². The normalized spacial score (nSPS) is 12.1. The van der Waals surface area contributed by atoms with Crippen LogP contribution in [0.2, 0.25) is 0 Å². The van der Waals surface area contributed by atoms with Gasteiger partial charge in [-0.05, 0) is 66.8 Å². The second kappa shape index (κ2) is 12.6. The maximum Gasteiger partial charge on any atom is 0.243 e. The fraction of sp³-hybridized carbons (Fsp3) is 0.294. The van der Waals surface area contributed by atoms with Crippen molar-refractivity contribution in [2.75, 3.05) is 7.11 Å². The molecule has 4 rings (SSSR count). The fourth-order valence-corrected chi connectivity index (χ4v) is 4.87. The first-order valence-corrected chi connectivity index (χ1v) is 13.5. The molecule has 0 heterocycles. The van der Waals surface area contributed by atoms with Crippen molar-refractivity contribution in [2.24, 2.45) is 0 Å². The molecule has 0 fully saturated rings. The quantitative estimate of drug-likeness (QED) is 0.265. The largest absolute Gasteiger partial charge is 0.497 e. The van der Waals surface area contributed by atoms with Crippen LogP contribution in [0.15, 0.2) is 97.1 Å². The molecule has 0 aliphatic rings. The average Bonchev–Trinajstić information content (AvgIpc) is 2.93. The lowest BCUT2D eigenvalue weighted by molar-refractivity contribution is -0.141. The molecule has 5 nitrogen and oxygen atoms in total. The summed E-state index contributed by atoms with van der Waals surface area (Å²) in [6.45, 7) is 6.18. The Morgan fingerprint density at radius 1 is 0.846 bits per heavy atom. The highest BCUT2D eigenvalue weighted by atomic mass is 16.5. The first-order chi connectivity index (χ1) is 18.7. The standard InChI is InChI=1S/C34H38N2O3/c1-34(2,3)35-33(38)31(23-25-12-6-5-7-13-25)36(24-26-14-10-18-29(22-26)39-4)32(37)21-20-28-17-11-16-27-15-8-9-19-30(27)28/h5-19,22,31H,20-21,23-24H2,1-4H3,(H,35,38)/t31-/m0/s1. The molecule has 5 heteroatoms. The van der Waals surface area contributed by atoms with E-state index in [1.54, 1.807) is 12.0 Å². The second-order valence-corrected chi connectivity index (χ2v) is 11.0. The van der Waals surface area contributed by atoms with Crippen LogP contribution in [0, 0.1) is 0 Å². The molecular weight excluding hydrogens is 484 g/mol. The highest BCUT2D eigenvalue weighted by Gasteiger charge is 2.32. The van der Waals surface area contributed by atoms with Gasteiger partial charge in [0, 0.05) is 24.9 Å². The van der Waals surface area contributed by atoms with Gasteiger partial charge in [0.15, 0.2) is 0 Å². The van der Waals surface area contributed by atoms with E-state index in [0.29, 0.717) is 25.8 Å². The van der Waals surface area contributed by atoms with Gasteiger partial charge in [0.2, 0.25) is 11.8 Å². The minimum atomic E-state index is -0.669.